The van der Waals surface area contributed by atoms with Gasteiger partial charge in [-0.3, -0.25) is 4.79 Å². The fourth-order valence-electron chi connectivity index (χ4n) is 1.23. The summed E-state index contributed by atoms with van der Waals surface area (Å²) < 4.78 is 0. The molecule has 4 nitrogen and oxygen atoms in total. The van der Waals surface area contributed by atoms with Crippen LogP contribution >= 0.6 is 11.8 Å². The molecule has 1 atom stereocenters. The van der Waals surface area contributed by atoms with Crippen LogP contribution in [0.4, 0.5) is 0 Å². The maximum absolute atomic E-state index is 11.5. The average molecular weight is 202 g/mol. The van der Waals surface area contributed by atoms with Gasteiger partial charge in [-0.05, 0) is 6.92 Å². The second-order valence-corrected chi connectivity index (χ2v) is 4.02. The third-order valence-corrected chi connectivity index (χ3v) is 3.11. The summed E-state index contributed by atoms with van der Waals surface area (Å²) >= 11 is 1.88. The Morgan fingerprint density at radius 2 is 2.54 bits per heavy atom. The summed E-state index contributed by atoms with van der Waals surface area (Å²) in [6.07, 6.45) is 1.23. The van der Waals surface area contributed by atoms with Crippen LogP contribution in [-0.2, 0) is 9.63 Å². The van der Waals surface area contributed by atoms with Crippen LogP contribution in [0.25, 0.3) is 0 Å². The highest BCUT2D eigenvalue weighted by Gasteiger charge is 2.22. The Bertz CT molecular complexity index is 208. The molecule has 1 fully saturated rings. The Hall–Kier alpha value is -0.710. The molecule has 1 aliphatic heterocycles. The van der Waals surface area contributed by atoms with Gasteiger partial charge in [-0.25, -0.2) is 0 Å². The fourth-order valence-corrected chi connectivity index (χ4v) is 2.24. The molecule has 1 heterocycles. The number of oxime groups is 1. The highest BCUT2D eigenvalue weighted by molar-refractivity contribution is 7.99. The Labute approximate surface area is 82.3 Å². The predicted octanol–water partition coefficient (Wildman–Crippen LogP) is 0.583. The summed E-state index contributed by atoms with van der Waals surface area (Å²) in [6.45, 7) is 2.85. The van der Waals surface area contributed by atoms with Crippen molar-refractivity contribution in [3.8, 4) is 0 Å². The van der Waals surface area contributed by atoms with Gasteiger partial charge in [0.25, 0.3) is 5.91 Å². The molecule has 0 saturated carbocycles. The first-order chi connectivity index (χ1) is 6.25. The second kappa shape index (κ2) is 5.11. The lowest BCUT2D eigenvalue weighted by Gasteiger charge is -2.31. The van der Waals surface area contributed by atoms with Gasteiger partial charge in [0.2, 0.25) is 0 Å². The van der Waals surface area contributed by atoms with E-state index in [9.17, 15) is 4.79 Å². The van der Waals surface area contributed by atoms with E-state index in [1.807, 2.05) is 23.6 Å². The van der Waals surface area contributed by atoms with E-state index >= 15 is 0 Å². The molecule has 1 amide bonds. The fraction of sp³-hybridized carbons (Fsp3) is 0.750. The first-order valence-corrected chi connectivity index (χ1v) is 5.36. The predicted molar refractivity (Wildman–Crippen MR) is 54.0 cm³/mol. The molecule has 0 aromatic rings. The lowest BCUT2D eigenvalue weighted by molar-refractivity contribution is -0.125. The summed E-state index contributed by atoms with van der Waals surface area (Å²) in [5.41, 5.74) is 0. The van der Waals surface area contributed by atoms with Crippen LogP contribution in [0.15, 0.2) is 5.16 Å². The van der Waals surface area contributed by atoms with Crippen molar-refractivity contribution in [3.05, 3.63) is 0 Å². The van der Waals surface area contributed by atoms with Crippen molar-refractivity contribution in [2.75, 3.05) is 25.2 Å². The molecule has 0 aromatic carbocycles. The normalized spacial score (nSPS) is 23.5. The van der Waals surface area contributed by atoms with E-state index in [1.165, 1.54) is 13.3 Å². The van der Waals surface area contributed by atoms with Gasteiger partial charge in [0.1, 0.15) is 13.3 Å². The van der Waals surface area contributed by atoms with Crippen molar-refractivity contribution in [1.82, 2.24) is 4.90 Å². The lowest BCUT2D eigenvalue weighted by atomic mass is 10.3. The molecule has 0 aliphatic carbocycles. The Balaban J connectivity index is 2.48. The molecular formula is C8H14N2O2S. The minimum Gasteiger partial charge on any atom is -0.399 e. The summed E-state index contributed by atoms with van der Waals surface area (Å²) in [5, 5.41) is 3.46. The smallest absolute Gasteiger partial charge is 0.268 e. The van der Waals surface area contributed by atoms with Gasteiger partial charge < -0.3 is 9.74 Å². The van der Waals surface area contributed by atoms with Crippen molar-refractivity contribution < 1.29 is 9.63 Å². The van der Waals surface area contributed by atoms with Crippen molar-refractivity contribution in [2.45, 2.75) is 13.0 Å². The van der Waals surface area contributed by atoms with E-state index in [4.69, 9.17) is 0 Å². The molecule has 0 N–H and O–H groups in total. The minimum atomic E-state index is -0.0605. The molecule has 13 heavy (non-hydrogen) atoms. The SMILES string of the molecule is CO/N=C/C(=O)N1CCSCC1C. The van der Waals surface area contributed by atoms with E-state index in [0.29, 0.717) is 6.04 Å². The number of carbonyl (C=O) groups excluding carboxylic acids is 1. The van der Waals surface area contributed by atoms with Gasteiger partial charge >= 0.3 is 0 Å². The summed E-state index contributed by atoms with van der Waals surface area (Å²) in [7, 11) is 1.43. The molecule has 74 valence electrons. The number of amides is 1. The van der Waals surface area contributed by atoms with Gasteiger partial charge in [-0.2, -0.15) is 11.8 Å². The quantitative estimate of drug-likeness (QED) is 0.486. The van der Waals surface area contributed by atoms with Crippen molar-refractivity contribution in [3.63, 3.8) is 0 Å². The molecular weight excluding hydrogens is 188 g/mol. The minimum absolute atomic E-state index is 0.0605. The summed E-state index contributed by atoms with van der Waals surface area (Å²) in [4.78, 5) is 17.7. The maximum Gasteiger partial charge on any atom is 0.268 e. The van der Waals surface area contributed by atoms with E-state index in [0.717, 1.165) is 18.1 Å². The molecule has 1 unspecified atom stereocenters. The standard InChI is InChI=1S/C8H14N2O2S/c1-7-6-13-4-3-10(7)8(11)5-9-12-2/h5,7H,3-4,6H2,1-2H3/b9-5+. The van der Waals surface area contributed by atoms with E-state index in [-0.39, 0.29) is 5.91 Å². The maximum atomic E-state index is 11.5. The molecule has 1 saturated heterocycles. The van der Waals surface area contributed by atoms with Gasteiger partial charge in [-0.1, -0.05) is 5.16 Å². The molecule has 5 heteroatoms. The van der Waals surface area contributed by atoms with E-state index < -0.39 is 0 Å². The first kappa shape index (κ1) is 10.4. The van der Waals surface area contributed by atoms with Gasteiger partial charge in [-0.15, -0.1) is 0 Å². The van der Waals surface area contributed by atoms with Crippen LogP contribution < -0.4 is 0 Å². The second-order valence-electron chi connectivity index (χ2n) is 2.87. The average Bonchev–Trinajstić information content (AvgIpc) is 2.15. The van der Waals surface area contributed by atoms with Crippen LogP contribution in [0.3, 0.4) is 0 Å². The number of hydrogen-bond donors (Lipinski definition) is 0. The number of hydrogen-bond acceptors (Lipinski definition) is 4. The van der Waals surface area contributed by atoms with Crippen LogP contribution in [0.5, 0.6) is 0 Å². The third-order valence-electron chi connectivity index (χ3n) is 1.92. The van der Waals surface area contributed by atoms with E-state index in [1.54, 1.807) is 0 Å². The van der Waals surface area contributed by atoms with Crippen molar-refractivity contribution in [1.29, 1.82) is 0 Å². The zero-order valence-electron chi connectivity index (χ0n) is 7.90. The third kappa shape index (κ3) is 2.91. The largest absolute Gasteiger partial charge is 0.399 e. The van der Waals surface area contributed by atoms with Crippen molar-refractivity contribution >= 4 is 23.9 Å². The molecule has 0 radical (unpaired) electrons. The summed E-state index contributed by atoms with van der Waals surface area (Å²) in [5.74, 6) is 1.96. The number of rotatable bonds is 2. The molecule has 0 aromatic heterocycles. The monoisotopic (exact) mass is 202 g/mol. The molecule has 0 spiro atoms. The lowest BCUT2D eigenvalue weighted by Crippen LogP contribution is -2.45. The Kier molecular flexibility index (Phi) is 4.08. The van der Waals surface area contributed by atoms with Gasteiger partial charge in [0.15, 0.2) is 0 Å². The van der Waals surface area contributed by atoms with E-state index in [2.05, 4.69) is 9.99 Å². The highest BCUT2D eigenvalue weighted by atomic mass is 32.2. The Morgan fingerprint density at radius 3 is 3.15 bits per heavy atom. The number of carbonyl (C=O) groups is 1. The Morgan fingerprint density at radius 1 is 1.77 bits per heavy atom. The van der Waals surface area contributed by atoms with Crippen LogP contribution in [-0.4, -0.2) is 48.2 Å². The number of thioether (sulfide) groups is 1. The zero-order chi connectivity index (χ0) is 9.68. The van der Waals surface area contributed by atoms with Crippen LogP contribution in [0.1, 0.15) is 6.92 Å². The zero-order valence-corrected chi connectivity index (χ0v) is 8.71. The van der Waals surface area contributed by atoms with Gasteiger partial charge in [0.05, 0.1) is 0 Å². The first-order valence-electron chi connectivity index (χ1n) is 4.20. The van der Waals surface area contributed by atoms with Crippen molar-refractivity contribution in [2.24, 2.45) is 5.16 Å². The van der Waals surface area contributed by atoms with Crippen LogP contribution in [0.2, 0.25) is 0 Å². The highest BCUT2D eigenvalue weighted by Crippen LogP contribution is 2.15. The molecule has 1 aliphatic rings. The van der Waals surface area contributed by atoms with Gasteiger partial charge in [0, 0.05) is 24.1 Å². The number of nitrogens with zero attached hydrogens (tertiary/aromatic N) is 2. The van der Waals surface area contributed by atoms with Crippen LogP contribution in [0, 0.1) is 0 Å². The summed E-state index contributed by atoms with van der Waals surface area (Å²) in [6, 6.07) is 0.301. The topological polar surface area (TPSA) is 41.9 Å². The molecule has 1 rings (SSSR count). The molecule has 0 bridgehead atoms.